The molecule has 3 nitrogen and oxygen atoms in total. The Morgan fingerprint density at radius 2 is 2.18 bits per heavy atom. The highest BCUT2D eigenvalue weighted by molar-refractivity contribution is 9.10. The van der Waals surface area contributed by atoms with Crippen molar-refractivity contribution < 1.29 is 0 Å². The predicted molar refractivity (Wildman–Crippen MR) is 74.0 cm³/mol. The molecular weight excluding hydrogens is 278 g/mol. The maximum atomic E-state index is 5.71. The van der Waals surface area contributed by atoms with Crippen LogP contribution in [0.25, 0.3) is 10.9 Å². The molecule has 1 aromatic carbocycles. The quantitative estimate of drug-likeness (QED) is 0.627. The first-order valence-corrected chi connectivity index (χ1v) is 6.59. The lowest BCUT2D eigenvalue weighted by Crippen LogP contribution is -2.11. The fourth-order valence-corrected chi connectivity index (χ4v) is 3.14. The SMILES string of the molecule is Cc1ccc(Br)c2c(NN)c3c(nc12)CCC3. The Labute approximate surface area is 109 Å². The maximum absolute atomic E-state index is 5.71. The molecule has 0 amide bonds. The van der Waals surface area contributed by atoms with E-state index in [4.69, 9.17) is 10.8 Å². The van der Waals surface area contributed by atoms with Crippen LogP contribution in [0.1, 0.15) is 23.2 Å². The van der Waals surface area contributed by atoms with Crippen LogP contribution in [0.15, 0.2) is 16.6 Å². The number of aromatic nitrogens is 1. The Kier molecular flexibility index (Phi) is 2.56. The van der Waals surface area contributed by atoms with Crippen molar-refractivity contribution in [2.24, 2.45) is 5.84 Å². The number of aryl methyl sites for hydroxylation is 2. The minimum absolute atomic E-state index is 1.04. The fraction of sp³-hybridized carbons (Fsp3) is 0.308. The molecule has 0 atom stereocenters. The first-order valence-electron chi connectivity index (χ1n) is 5.79. The van der Waals surface area contributed by atoms with Gasteiger partial charge in [-0.3, -0.25) is 10.8 Å². The van der Waals surface area contributed by atoms with Crippen molar-refractivity contribution in [3.63, 3.8) is 0 Å². The first-order chi connectivity index (χ1) is 8.22. The van der Waals surface area contributed by atoms with Crippen LogP contribution in [0.3, 0.4) is 0 Å². The van der Waals surface area contributed by atoms with Crippen LogP contribution in [-0.4, -0.2) is 4.98 Å². The van der Waals surface area contributed by atoms with Gasteiger partial charge in [-0.15, -0.1) is 0 Å². The van der Waals surface area contributed by atoms with Crippen molar-refractivity contribution in [3.8, 4) is 0 Å². The standard InChI is InChI=1S/C13H14BrN3/c1-7-5-6-9(14)11-12(7)16-10-4-2-3-8(10)13(11)17-15/h5-6H,2-4,15H2,1H3,(H,16,17). The molecule has 1 aromatic heterocycles. The highest BCUT2D eigenvalue weighted by Gasteiger charge is 2.20. The molecule has 0 fully saturated rings. The molecule has 0 saturated carbocycles. The highest BCUT2D eigenvalue weighted by Crippen LogP contribution is 2.38. The molecule has 0 aliphatic heterocycles. The van der Waals surface area contributed by atoms with Crippen LogP contribution < -0.4 is 11.3 Å². The lowest BCUT2D eigenvalue weighted by molar-refractivity contribution is 0.901. The van der Waals surface area contributed by atoms with E-state index >= 15 is 0 Å². The van der Waals surface area contributed by atoms with Gasteiger partial charge in [-0.1, -0.05) is 22.0 Å². The Bertz CT molecular complexity index is 607. The van der Waals surface area contributed by atoms with Gasteiger partial charge in [0.25, 0.3) is 0 Å². The summed E-state index contributed by atoms with van der Waals surface area (Å²) < 4.78 is 1.05. The summed E-state index contributed by atoms with van der Waals surface area (Å²) in [7, 11) is 0. The number of nitrogens with one attached hydrogen (secondary N) is 1. The normalized spacial score (nSPS) is 14.1. The summed E-state index contributed by atoms with van der Waals surface area (Å²) in [5.41, 5.74) is 8.63. The molecule has 3 rings (SSSR count). The molecule has 4 heteroatoms. The van der Waals surface area contributed by atoms with Gasteiger partial charge in [0.2, 0.25) is 0 Å². The number of anilines is 1. The molecule has 0 radical (unpaired) electrons. The third-order valence-corrected chi connectivity index (χ3v) is 4.12. The number of benzene rings is 1. The fourth-order valence-electron chi connectivity index (χ4n) is 2.62. The van der Waals surface area contributed by atoms with E-state index in [0.717, 1.165) is 33.9 Å². The van der Waals surface area contributed by atoms with Gasteiger partial charge < -0.3 is 5.43 Å². The minimum Gasteiger partial charge on any atom is -0.323 e. The van der Waals surface area contributed by atoms with Crippen molar-refractivity contribution in [3.05, 3.63) is 33.4 Å². The zero-order chi connectivity index (χ0) is 12.0. The van der Waals surface area contributed by atoms with Crippen LogP contribution in [0, 0.1) is 6.92 Å². The van der Waals surface area contributed by atoms with Crippen molar-refractivity contribution in [1.29, 1.82) is 0 Å². The van der Waals surface area contributed by atoms with Crippen molar-refractivity contribution in [1.82, 2.24) is 4.98 Å². The molecule has 17 heavy (non-hydrogen) atoms. The van der Waals surface area contributed by atoms with E-state index in [0.29, 0.717) is 0 Å². The third-order valence-electron chi connectivity index (χ3n) is 3.46. The van der Waals surface area contributed by atoms with Gasteiger partial charge in [0.05, 0.1) is 11.2 Å². The number of fused-ring (bicyclic) bond motifs is 2. The zero-order valence-electron chi connectivity index (χ0n) is 9.68. The summed E-state index contributed by atoms with van der Waals surface area (Å²) in [5, 5.41) is 1.10. The van der Waals surface area contributed by atoms with Gasteiger partial charge in [-0.05, 0) is 43.4 Å². The number of rotatable bonds is 1. The van der Waals surface area contributed by atoms with E-state index < -0.39 is 0 Å². The first kappa shape index (κ1) is 11.0. The third kappa shape index (κ3) is 1.55. The van der Waals surface area contributed by atoms with Crippen LogP contribution in [0.2, 0.25) is 0 Å². The number of nitrogens with zero attached hydrogens (tertiary/aromatic N) is 1. The van der Waals surface area contributed by atoms with E-state index in [1.54, 1.807) is 0 Å². The van der Waals surface area contributed by atoms with Gasteiger partial charge >= 0.3 is 0 Å². The Hall–Kier alpha value is -1.13. The number of halogens is 1. The Balaban J connectivity index is 2.49. The summed E-state index contributed by atoms with van der Waals surface area (Å²) in [5.74, 6) is 5.71. The van der Waals surface area contributed by atoms with E-state index in [-0.39, 0.29) is 0 Å². The van der Waals surface area contributed by atoms with E-state index in [9.17, 15) is 0 Å². The number of nitrogen functional groups attached to an aromatic ring is 1. The van der Waals surface area contributed by atoms with Crippen LogP contribution in [0.4, 0.5) is 5.69 Å². The summed E-state index contributed by atoms with van der Waals surface area (Å²) >= 11 is 3.60. The molecule has 3 N–H and O–H groups in total. The summed E-state index contributed by atoms with van der Waals surface area (Å²) in [6.07, 6.45) is 3.30. The largest absolute Gasteiger partial charge is 0.323 e. The maximum Gasteiger partial charge on any atom is 0.0767 e. The van der Waals surface area contributed by atoms with E-state index in [1.165, 1.54) is 23.2 Å². The number of nitrogens with two attached hydrogens (primary N) is 1. The average Bonchev–Trinajstić information content (AvgIpc) is 2.79. The zero-order valence-corrected chi connectivity index (χ0v) is 11.3. The smallest absolute Gasteiger partial charge is 0.0767 e. The summed E-state index contributed by atoms with van der Waals surface area (Å²) in [6.45, 7) is 2.09. The van der Waals surface area contributed by atoms with Crippen LogP contribution in [-0.2, 0) is 12.8 Å². The van der Waals surface area contributed by atoms with Gasteiger partial charge in [-0.25, -0.2) is 0 Å². The van der Waals surface area contributed by atoms with Crippen LogP contribution in [0.5, 0.6) is 0 Å². The molecule has 1 aliphatic carbocycles. The van der Waals surface area contributed by atoms with E-state index in [2.05, 4.69) is 40.4 Å². The lowest BCUT2D eigenvalue weighted by Gasteiger charge is -2.14. The molecule has 0 bridgehead atoms. The Morgan fingerprint density at radius 3 is 2.94 bits per heavy atom. The highest BCUT2D eigenvalue weighted by atomic mass is 79.9. The summed E-state index contributed by atoms with van der Waals surface area (Å²) in [6, 6.07) is 4.14. The van der Waals surface area contributed by atoms with Crippen molar-refractivity contribution >= 4 is 32.5 Å². The second kappa shape index (κ2) is 3.96. The second-order valence-electron chi connectivity index (χ2n) is 4.50. The van der Waals surface area contributed by atoms with Crippen molar-refractivity contribution in [2.75, 3.05) is 5.43 Å². The Morgan fingerprint density at radius 1 is 1.35 bits per heavy atom. The molecule has 0 saturated heterocycles. The second-order valence-corrected chi connectivity index (χ2v) is 5.35. The molecule has 1 heterocycles. The van der Waals surface area contributed by atoms with Gasteiger partial charge in [-0.2, -0.15) is 0 Å². The molecular formula is C13H14BrN3. The van der Waals surface area contributed by atoms with Gasteiger partial charge in [0.15, 0.2) is 0 Å². The average molecular weight is 292 g/mol. The lowest BCUT2D eigenvalue weighted by atomic mass is 10.0. The molecule has 88 valence electrons. The van der Waals surface area contributed by atoms with E-state index in [1.807, 2.05) is 0 Å². The topological polar surface area (TPSA) is 50.9 Å². The number of hydrogen-bond acceptors (Lipinski definition) is 3. The predicted octanol–water partition coefficient (Wildman–Crippen LogP) is 3.08. The van der Waals surface area contributed by atoms with Crippen molar-refractivity contribution in [2.45, 2.75) is 26.2 Å². The van der Waals surface area contributed by atoms with Gasteiger partial charge in [0.1, 0.15) is 0 Å². The molecule has 0 spiro atoms. The molecule has 0 unspecified atom stereocenters. The summed E-state index contributed by atoms with van der Waals surface area (Å²) in [4.78, 5) is 4.80. The monoisotopic (exact) mass is 291 g/mol. The number of hydrogen-bond donors (Lipinski definition) is 2. The van der Waals surface area contributed by atoms with Gasteiger partial charge in [0, 0.05) is 15.6 Å². The number of hydrazine groups is 1. The molecule has 2 aromatic rings. The number of pyridine rings is 1. The molecule has 1 aliphatic rings. The minimum atomic E-state index is 1.04. The van der Waals surface area contributed by atoms with Crippen LogP contribution >= 0.6 is 15.9 Å².